The Hall–Kier alpha value is -0.770. The molecule has 0 fully saturated rings. The van der Waals surface area contributed by atoms with Gasteiger partial charge in [-0.15, -0.1) is 0 Å². The molecule has 0 unspecified atom stereocenters. The standard InChI is InChI=1S/C11H15F2NS/c1-2-15-7-3-6-14-11-5-4-9(12)8-10(11)13/h4-5,8,14H,2-3,6-7H2,1H3. The lowest BCUT2D eigenvalue weighted by molar-refractivity contribution is 0.585. The molecule has 0 radical (unpaired) electrons. The zero-order valence-electron chi connectivity index (χ0n) is 8.72. The van der Waals surface area contributed by atoms with Crippen LogP contribution in [0, 0.1) is 11.6 Å². The highest BCUT2D eigenvalue weighted by Gasteiger charge is 2.01. The molecule has 15 heavy (non-hydrogen) atoms. The summed E-state index contributed by atoms with van der Waals surface area (Å²) in [6.45, 7) is 2.83. The minimum Gasteiger partial charge on any atom is -0.383 e. The Morgan fingerprint density at radius 3 is 2.80 bits per heavy atom. The van der Waals surface area contributed by atoms with Crippen LogP contribution in [0.25, 0.3) is 0 Å². The fourth-order valence-electron chi connectivity index (χ4n) is 1.17. The van der Waals surface area contributed by atoms with Crippen molar-refractivity contribution < 1.29 is 8.78 Å². The fraction of sp³-hybridized carbons (Fsp3) is 0.455. The first-order valence-electron chi connectivity index (χ1n) is 5.00. The van der Waals surface area contributed by atoms with Crippen LogP contribution in [-0.2, 0) is 0 Å². The van der Waals surface area contributed by atoms with Crippen molar-refractivity contribution >= 4 is 17.4 Å². The second-order valence-electron chi connectivity index (χ2n) is 3.10. The van der Waals surface area contributed by atoms with Crippen molar-refractivity contribution in [3.63, 3.8) is 0 Å². The highest BCUT2D eigenvalue weighted by molar-refractivity contribution is 7.99. The van der Waals surface area contributed by atoms with Gasteiger partial charge in [0.15, 0.2) is 0 Å². The molecule has 0 aromatic heterocycles. The van der Waals surface area contributed by atoms with E-state index in [-0.39, 0.29) is 0 Å². The summed E-state index contributed by atoms with van der Waals surface area (Å²) in [6, 6.07) is 3.58. The summed E-state index contributed by atoms with van der Waals surface area (Å²) in [6.07, 6.45) is 0.981. The maximum Gasteiger partial charge on any atom is 0.149 e. The zero-order valence-corrected chi connectivity index (χ0v) is 9.54. The van der Waals surface area contributed by atoms with Gasteiger partial charge in [-0.25, -0.2) is 8.78 Å². The van der Waals surface area contributed by atoms with E-state index in [4.69, 9.17) is 0 Å². The molecule has 0 aliphatic carbocycles. The smallest absolute Gasteiger partial charge is 0.149 e. The average molecular weight is 231 g/mol. The van der Waals surface area contributed by atoms with E-state index < -0.39 is 11.6 Å². The lowest BCUT2D eigenvalue weighted by Gasteiger charge is -2.06. The Morgan fingerprint density at radius 1 is 1.33 bits per heavy atom. The number of rotatable bonds is 6. The summed E-state index contributed by atoms with van der Waals surface area (Å²) >= 11 is 1.86. The van der Waals surface area contributed by atoms with Gasteiger partial charge in [-0.2, -0.15) is 11.8 Å². The molecule has 0 aliphatic rings. The van der Waals surface area contributed by atoms with E-state index in [1.165, 1.54) is 12.1 Å². The molecule has 1 aromatic carbocycles. The summed E-state index contributed by atoms with van der Waals surface area (Å²) in [7, 11) is 0. The van der Waals surface area contributed by atoms with E-state index >= 15 is 0 Å². The second kappa shape index (κ2) is 6.67. The molecule has 0 aliphatic heterocycles. The van der Waals surface area contributed by atoms with Gasteiger partial charge in [-0.05, 0) is 30.1 Å². The van der Waals surface area contributed by atoms with E-state index in [0.29, 0.717) is 5.69 Å². The SMILES string of the molecule is CCSCCCNc1ccc(F)cc1F. The van der Waals surface area contributed by atoms with Gasteiger partial charge in [0, 0.05) is 12.6 Å². The second-order valence-corrected chi connectivity index (χ2v) is 4.50. The van der Waals surface area contributed by atoms with Crippen LogP contribution in [0.2, 0.25) is 0 Å². The molecule has 1 aromatic rings. The molecular weight excluding hydrogens is 216 g/mol. The fourth-order valence-corrected chi connectivity index (χ4v) is 1.81. The van der Waals surface area contributed by atoms with Crippen LogP contribution in [0.15, 0.2) is 18.2 Å². The quantitative estimate of drug-likeness (QED) is 0.752. The normalized spacial score (nSPS) is 10.3. The summed E-state index contributed by atoms with van der Waals surface area (Å²) in [5.74, 6) is 1.09. The Morgan fingerprint density at radius 2 is 2.13 bits per heavy atom. The van der Waals surface area contributed by atoms with Gasteiger partial charge in [0.2, 0.25) is 0 Å². The van der Waals surface area contributed by atoms with Crippen LogP contribution in [0.4, 0.5) is 14.5 Å². The van der Waals surface area contributed by atoms with Gasteiger partial charge < -0.3 is 5.32 Å². The first kappa shape index (κ1) is 12.3. The predicted octanol–water partition coefficient (Wildman–Crippen LogP) is 3.52. The average Bonchev–Trinajstić information content (AvgIpc) is 2.20. The van der Waals surface area contributed by atoms with Crippen molar-refractivity contribution in [2.45, 2.75) is 13.3 Å². The molecule has 84 valence electrons. The van der Waals surface area contributed by atoms with Crippen molar-refractivity contribution in [3.8, 4) is 0 Å². The van der Waals surface area contributed by atoms with E-state index in [2.05, 4.69) is 12.2 Å². The molecule has 4 heteroatoms. The van der Waals surface area contributed by atoms with Crippen molar-refractivity contribution in [2.24, 2.45) is 0 Å². The third-order valence-corrected chi connectivity index (χ3v) is 2.90. The van der Waals surface area contributed by atoms with Crippen LogP contribution >= 0.6 is 11.8 Å². The van der Waals surface area contributed by atoms with Gasteiger partial charge in [-0.1, -0.05) is 6.92 Å². The molecule has 0 heterocycles. The molecular formula is C11H15F2NS. The third-order valence-electron chi connectivity index (χ3n) is 1.92. The summed E-state index contributed by atoms with van der Waals surface area (Å²) < 4.78 is 25.7. The predicted molar refractivity (Wildman–Crippen MR) is 62.5 cm³/mol. The molecule has 0 spiro atoms. The van der Waals surface area contributed by atoms with E-state index in [1.54, 1.807) is 0 Å². The zero-order chi connectivity index (χ0) is 11.1. The van der Waals surface area contributed by atoms with Gasteiger partial charge >= 0.3 is 0 Å². The molecule has 0 saturated carbocycles. The lowest BCUT2D eigenvalue weighted by Crippen LogP contribution is -2.04. The first-order valence-corrected chi connectivity index (χ1v) is 6.16. The van der Waals surface area contributed by atoms with Crippen LogP contribution in [0.5, 0.6) is 0 Å². The van der Waals surface area contributed by atoms with E-state index in [9.17, 15) is 8.78 Å². The summed E-state index contributed by atoms with van der Waals surface area (Å²) in [4.78, 5) is 0. The number of anilines is 1. The number of halogens is 2. The van der Waals surface area contributed by atoms with Crippen LogP contribution in [0.3, 0.4) is 0 Å². The van der Waals surface area contributed by atoms with Gasteiger partial charge in [0.1, 0.15) is 11.6 Å². The first-order chi connectivity index (χ1) is 7.24. The lowest BCUT2D eigenvalue weighted by atomic mass is 10.3. The highest BCUT2D eigenvalue weighted by atomic mass is 32.2. The number of nitrogens with one attached hydrogen (secondary N) is 1. The molecule has 0 atom stereocenters. The van der Waals surface area contributed by atoms with Crippen molar-refractivity contribution in [1.82, 2.24) is 0 Å². The van der Waals surface area contributed by atoms with Crippen molar-refractivity contribution in [1.29, 1.82) is 0 Å². The number of hydrogen-bond acceptors (Lipinski definition) is 2. The molecule has 0 saturated heterocycles. The molecule has 0 amide bonds. The maximum atomic E-state index is 13.1. The van der Waals surface area contributed by atoms with Crippen LogP contribution in [0.1, 0.15) is 13.3 Å². The minimum absolute atomic E-state index is 0.373. The van der Waals surface area contributed by atoms with Gasteiger partial charge in [0.05, 0.1) is 5.69 Å². The minimum atomic E-state index is -0.542. The third kappa shape index (κ3) is 4.51. The summed E-state index contributed by atoms with van der Waals surface area (Å²) in [5, 5.41) is 2.94. The molecule has 0 bridgehead atoms. The topological polar surface area (TPSA) is 12.0 Å². The van der Waals surface area contributed by atoms with Crippen molar-refractivity contribution in [3.05, 3.63) is 29.8 Å². The van der Waals surface area contributed by atoms with E-state index in [0.717, 1.165) is 30.5 Å². The molecule has 1 rings (SSSR count). The van der Waals surface area contributed by atoms with Crippen molar-refractivity contribution in [2.75, 3.05) is 23.4 Å². The molecule has 1 N–H and O–H groups in total. The summed E-state index contributed by atoms with van der Waals surface area (Å²) in [5.41, 5.74) is 0.373. The Bertz CT molecular complexity index is 305. The molecule has 1 nitrogen and oxygen atoms in total. The number of hydrogen-bond donors (Lipinski definition) is 1. The van der Waals surface area contributed by atoms with Crippen LogP contribution < -0.4 is 5.32 Å². The number of thioether (sulfide) groups is 1. The van der Waals surface area contributed by atoms with E-state index in [1.807, 2.05) is 11.8 Å². The Labute approximate surface area is 93.3 Å². The Balaban J connectivity index is 2.31. The largest absolute Gasteiger partial charge is 0.383 e. The Kier molecular flexibility index (Phi) is 5.47. The monoisotopic (exact) mass is 231 g/mol. The van der Waals surface area contributed by atoms with Crippen LogP contribution in [-0.4, -0.2) is 18.1 Å². The number of benzene rings is 1. The van der Waals surface area contributed by atoms with Gasteiger partial charge in [-0.3, -0.25) is 0 Å². The maximum absolute atomic E-state index is 13.1. The van der Waals surface area contributed by atoms with Gasteiger partial charge in [0.25, 0.3) is 0 Å². The highest BCUT2D eigenvalue weighted by Crippen LogP contribution is 2.14.